The molecular weight excluding hydrogens is 229 g/mol. The number of methoxy groups -OCH3 is 1. The molecule has 0 spiro atoms. The maximum Gasteiger partial charge on any atom is 0.131 e. The topological polar surface area (TPSA) is 21.3 Å². The summed E-state index contributed by atoms with van der Waals surface area (Å²) in [5.41, 5.74) is 0.699. The number of ether oxygens (including phenoxy) is 1. The van der Waals surface area contributed by atoms with Crippen LogP contribution in [-0.4, -0.2) is 13.2 Å². The molecule has 0 aliphatic carbocycles. The first-order valence-electron chi connectivity index (χ1n) is 6.71. The van der Waals surface area contributed by atoms with Crippen LogP contribution in [0.15, 0.2) is 18.2 Å². The molecule has 3 heteroatoms. The van der Waals surface area contributed by atoms with E-state index in [2.05, 4.69) is 19.2 Å². The van der Waals surface area contributed by atoms with Crippen molar-refractivity contribution in [2.45, 2.75) is 52.1 Å². The fourth-order valence-electron chi connectivity index (χ4n) is 2.18. The molecule has 102 valence electrons. The summed E-state index contributed by atoms with van der Waals surface area (Å²) in [5, 5.41) is 3.48. The van der Waals surface area contributed by atoms with Crippen LogP contribution in [0.3, 0.4) is 0 Å². The Morgan fingerprint density at radius 2 is 2.06 bits per heavy atom. The van der Waals surface area contributed by atoms with E-state index in [9.17, 15) is 4.39 Å². The fraction of sp³-hybridized carbons (Fsp3) is 0.600. The minimum Gasteiger partial charge on any atom is -0.497 e. The van der Waals surface area contributed by atoms with Crippen molar-refractivity contribution in [2.24, 2.45) is 0 Å². The van der Waals surface area contributed by atoms with Crippen LogP contribution in [0.2, 0.25) is 0 Å². The highest BCUT2D eigenvalue weighted by Gasteiger charge is 2.15. The quantitative estimate of drug-likeness (QED) is 0.791. The van der Waals surface area contributed by atoms with Gasteiger partial charge in [0.1, 0.15) is 11.6 Å². The highest BCUT2D eigenvalue weighted by atomic mass is 19.1. The van der Waals surface area contributed by atoms with Gasteiger partial charge in [-0.15, -0.1) is 0 Å². The monoisotopic (exact) mass is 253 g/mol. The second kappa shape index (κ2) is 7.37. The Bertz CT molecular complexity index is 368. The van der Waals surface area contributed by atoms with E-state index in [0.29, 0.717) is 17.4 Å². The van der Waals surface area contributed by atoms with Crippen LogP contribution in [0.4, 0.5) is 4.39 Å². The van der Waals surface area contributed by atoms with Crippen molar-refractivity contribution in [3.05, 3.63) is 29.6 Å². The van der Waals surface area contributed by atoms with Crippen molar-refractivity contribution < 1.29 is 9.13 Å². The molecule has 0 fully saturated rings. The Hall–Kier alpha value is -1.09. The molecule has 1 aromatic carbocycles. The summed E-state index contributed by atoms with van der Waals surface area (Å²) in [5.74, 6) is 0.352. The summed E-state index contributed by atoms with van der Waals surface area (Å²) in [6.07, 6.45) is 3.33. The van der Waals surface area contributed by atoms with E-state index < -0.39 is 0 Å². The normalized spacial score (nSPS) is 14.3. The number of halogens is 1. The second-order valence-corrected chi connectivity index (χ2v) is 4.67. The van der Waals surface area contributed by atoms with Crippen molar-refractivity contribution in [3.8, 4) is 5.75 Å². The first-order chi connectivity index (χ1) is 8.62. The molecule has 1 rings (SSSR count). The van der Waals surface area contributed by atoms with E-state index in [1.54, 1.807) is 19.2 Å². The predicted octanol–water partition coefficient (Wildman–Crippen LogP) is 4.06. The van der Waals surface area contributed by atoms with Crippen LogP contribution >= 0.6 is 0 Å². The molecule has 1 aromatic rings. The number of rotatable bonds is 7. The lowest BCUT2D eigenvalue weighted by atomic mass is 10.0. The third-order valence-corrected chi connectivity index (χ3v) is 3.29. The molecule has 0 saturated carbocycles. The lowest BCUT2D eigenvalue weighted by Crippen LogP contribution is -2.31. The van der Waals surface area contributed by atoms with E-state index in [0.717, 1.165) is 19.3 Å². The van der Waals surface area contributed by atoms with Crippen LogP contribution in [-0.2, 0) is 0 Å². The number of hydrogen-bond acceptors (Lipinski definition) is 2. The van der Waals surface area contributed by atoms with Gasteiger partial charge in [-0.2, -0.15) is 0 Å². The molecule has 0 saturated heterocycles. The summed E-state index contributed by atoms with van der Waals surface area (Å²) in [6, 6.07) is 5.51. The molecule has 1 N–H and O–H groups in total. The van der Waals surface area contributed by atoms with Crippen molar-refractivity contribution >= 4 is 0 Å². The molecule has 18 heavy (non-hydrogen) atoms. The summed E-state index contributed by atoms with van der Waals surface area (Å²) in [7, 11) is 1.55. The first kappa shape index (κ1) is 15.0. The molecular formula is C15H24FNO. The lowest BCUT2D eigenvalue weighted by molar-refractivity contribution is 0.399. The lowest BCUT2D eigenvalue weighted by Gasteiger charge is -2.22. The third-order valence-electron chi connectivity index (χ3n) is 3.29. The minimum absolute atomic E-state index is 0.0207. The van der Waals surface area contributed by atoms with Gasteiger partial charge < -0.3 is 10.1 Å². The van der Waals surface area contributed by atoms with Gasteiger partial charge in [-0.25, -0.2) is 4.39 Å². The molecule has 0 aliphatic rings. The van der Waals surface area contributed by atoms with E-state index >= 15 is 0 Å². The Balaban J connectivity index is 2.74. The molecule has 2 atom stereocenters. The largest absolute Gasteiger partial charge is 0.497 e. The zero-order valence-electron chi connectivity index (χ0n) is 11.8. The summed E-state index contributed by atoms with van der Waals surface area (Å²) < 4.78 is 18.9. The summed E-state index contributed by atoms with van der Waals surface area (Å²) >= 11 is 0. The SMILES string of the molecule is CCCC(CC)NC(C)c1ccc(OC)cc1F. The maximum atomic E-state index is 13.9. The molecule has 2 unspecified atom stereocenters. The van der Waals surface area contributed by atoms with Crippen molar-refractivity contribution in [2.75, 3.05) is 7.11 Å². The molecule has 0 aliphatic heterocycles. The van der Waals surface area contributed by atoms with Crippen molar-refractivity contribution in [1.82, 2.24) is 5.32 Å². The third kappa shape index (κ3) is 3.98. The number of benzene rings is 1. The minimum atomic E-state index is -0.208. The average Bonchev–Trinajstić information content (AvgIpc) is 2.37. The smallest absolute Gasteiger partial charge is 0.131 e. The number of nitrogens with one attached hydrogen (secondary N) is 1. The first-order valence-corrected chi connectivity index (χ1v) is 6.71. The molecule has 0 amide bonds. The van der Waals surface area contributed by atoms with Crippen molar-refractivity contribution in [1.29, 1.82) is 0 Å². The number of hydrogen-bond donors (Lipinski definition) is 1. The van der Waals surface area contributed by atoms with Crippen LogP contribution in [0.25, 0.3) is 0 Å². The Morgan fingerprint density at radius 3 is 2.56 bits per heavy atom. The Labute approximate surface area is 110 Å². The van der Waals surface area contributed by atoms with E-state index in [1.807, 2.05) is 6.92 Å². The van der Waals surface area contributed by atoms with Crippen LogP contribution in [0.1, 0.15) is 51.6 Å². The zero-order chi connectivity index (χ0) is 13.5. The van der Waals surface area contributed by atoms with Gasteiger partial charge in [0, 0.05) is 23.7 Å². The van der Waals surface area contributed by atoms with Crippen molar-refractivity contribution in [3.63, 3.8) is 0 Å². The standard InChI is InChI=1S/C15H24FNO/c1-5-7-12(6-2)17-11(3)14-9-8-13(18-4)10-15(14)16/h8-12,17H,5-7H2,1-4H3. The Morgan fingerprint density at radius 1 is 1.33 bits per heavy atom. The second-order valence-electron chi connectivity index (χ2n) is 4.67. The zero-order valence-corrected chi connectivity index (χ0v) is 11.8. The van der Waals surface area contributed by atoms with Crippen LogP contribution in [0, 0.1) is 5.82 Å². The molecule has 0 heterocycles. The van der Waals surface area contributed by atoms with Gasteiger partial charge in [0.05, 0.1) is 7.11 Å². The van der Waals surface area contributed by atoms with Crippen LogP contribution < -0.4 is 10.1 Å². The fourth-order valence-corrected chi connectivity index (χ4v) is 2.18. The summed E-state index contributed by atoms with van der Waals surface area (Å²) in [4.78, 5) is 0. The highest BCUT2D eigenvalue weighted by molar-refractivity contribution is 5.30. The van der Waals surface area contributed by atoms with Gasteiger partial charge in [0.15, 0.2) is 0 Å². The van der Waals surface area contributed by atoms with Gasteiger partial charge in [0.2, 0.25) is 0 Å². The van der Waals surface area contributed by atoms with E-state index in [4.69, 9.17) is 4.74 Å². The van der Waals surface area contributed by atoms with Crippen LogP contribution in [0.5, 0.6) is 5.75 Å². The highest BCUT2D eigenvalue weighted by Crippen LogP contribution is 2.22. The maximum absolute atomic E-state index is 13.9. The predicted molar refractivity (Wildman–Crippen MR) is 73.5 cm³/mol. The average molecular weight is 253 g/mol. The molecule has 0 bridgehead atoms. The van der Waals surface area contributed by atoms with E-state index in [-0.39, 0.29) is 11.9 Å². The summed E-state index contributed by atoms with van der Waals surface area (Å²) in [6.45, 7) is 6.33. The van der Waals surface area contributed by atoms with Gasteiger partial charge in [-0.3, -0.25) is 0 Å². The van der Waals surface area contributed by atoms with Gasteiger partial charge in [-0.05, 0) is 25.8 Å². The molecule has 0 radical (unpaired) electrons. The van der Waals surface area contributed by atoms with Gasteiger partial charge in [-0.1, -0.05) is 26.3 Å². The molecule has 0 aromatic heterocycles. The van der Waals surface area contributed by atoms with Gasteiger partial charge in [0.25, 0.3) is 0 Å². The van der Waals surface area contributed by atoms with Gasteiger partial charge >= 0.3 is 0 Å². The van der Waals surface area contributed by atoms with E-state index in [1.165, 1.54) is 6.07 Å². The Kier molecular flexibility index (Phi) is 6.13. The molecule has 2 nitrogen and oxygen atoms in total.